The summed E-state index contributed by atoms with van der Waals surface area (Å²) >= 11 is 0. The number of hydrogen-bond acceptors (Lipinski definition) is 6. The van der Waals surface area contributed by atoms with Crippen LogP contribution >= 0.6 is 0 Å². The van der Waals surface area contributed by atoms with Crippen molar-refractivity contribution in [2.75, 3.05) is 0 Å². The van der Waals surface area contributed by atoms with Crippen LogP contribution in [0, 0.1) is 5.92 Å². The number of nitrogens with one attached hydrogen (secondary N) is 1. The Bertz CT molecular complexity index is 855. The predicted molar refractivity (Wildman–Crippen MR) is 112 cm³/mol. The standard InChI is InChI=1S/C22H31N5O/c1-14(12-23)16-9-19(28)20(24-13-16)18-7-6-17(25-26-18)8-15-10-21(2,3)27-22(4,5)11-15/h6-7,9,12-13,15,27-28H,8,10-11,23H2,1-5H3/b14-12+. The van der Waals surface area contributed by atoms with Crippen molar-refractivity contribution >= 4 is 5.57 Å². The minimum absolute atomic E-state index is 0.0719. The lowest BCUT2D eigenvalue weighted by molar-refractivity contribution is 0.128. The third kappa shape index (κ3) is 4.68. The van der Waals surface area contributed by atoms with E-state index >= 15 is 0 Å². The Morgan fingerprint density at radius 2 is 1.89 bits per heavy atom. The Kier molecular flexibility index (Phi) is 5.44. The lowest BCUT2D eigenvalue weighted by Crippen LogP contribution is -2.58. The molecule has 0 amide bonds. The Morgan fingerprint density at radius 3 is 2.43 bits per heavy atom. The van der Waals surface area contributed by atoms with Gasteiger partial charge in [0.25, 0.3) is 0 Å². The van der Waals surface area contributed by atoms with E-state index in [9.17, 15) is 5.11 Å². The first kappa shape index (κ1) is 20.3. The second-order valence-electron chi connectivity index (χ2n) is 9.22. The number of aromatic hydroxyl groups is 1. The van der Waals surface area contributed by atoms with Crippen LogP contribution in [0.1, 0.15) is 58.7 Å². The van der Waals surface area contributed by atoms with Crippen molar-refractivity contribution in [3.05, 3.63) is 41.9 Å². The van der Waals surface area contributed by atoms with Crippen LogP contribution in [0.3, 0.4) is 0 Å². The van der Waals surface area contributed by atoms with Gasteiger partial charge in [-0.15, -0.1) is 5.10 Å². The van der Waals surface area contributed by atoms with E-state index < -0.39 is 0 Å². The number of piperidine rings is 1. The quantitative estimate of drug-likeness (QED) is 0.748. The molecule has 150 valence electrons. The van der Waals surface area contributed by atoms with Gasteiger partial charge >= 0.3 is 0 Å². The van der Waals surface area contributed by atoms with Gasteiger partial charge in [-0.2, -0.15) is 5.10 Å². The Morgan fingerprint density at radius 1 is 1.21 bits per heavy atom. The number of rotatable bonds is 4. The molecule has 3 heterocycles. The van der Waals surface area contributed by atoms with Crippen LogP contribution in [-0.4, -0.2) is 31.4 Å². The van der Waals surface area contributed by atoms with Gasteiger partial charge in [0, 0.05) is 22.8 Å². The Hall–Kier alpha value is -2.47. The number of hydrogen-bond donors (Lipinski definition) is 3. The zero-order valence-electron chi connectivity index (χ0n) is 17.5. The van der Waals surface area contributed by atoms with Crippen molar-refractivity contribution in [3.8, 4) is 17.1 Å². The van der Waals surface area contributed by atoms with Crippen LogP contribution in [0.5, 0.6) is 5.75 Å². The molecule has 1 fully saturated rings. The molecule has 1 aliphatic rings. The molecule has 0 unspecified atom stereocenters. The summed E-state index contributed by atoms with van der Waals surface area (Å²) in [6, 6.07) is 5.52. The first-order valence-electron chi connectivity index (χ1n) is 9.79. The molecule has 0 saturated carbocycles. The summed E-state index contributed by atoms with van der Waals surface area (Å²) < 4.78 is 0. The summed E-state index contributed by atoms with van der Waals surface area (Å²) in [5.41, 5.74) is 9.36. The van der Waals surface area contributed by atoms with Gasteiger partial charge in [-0.05, 0) is 89.8 Å². The predicted octanol–water partition coefficient (Wildman–Crippen LogP) is 3.66. The van der Waals surface area contributed by atoms with Gasteiger partial charge in [0.05, 0.1) is 5.69 Å². The lowest BCUT2D eigenvalue weighted by atomic mass is 9.74. The van der Waals surface area contributed by atoms with E-state index in [0.29, 0.717) is 17.3 Å². The zero-order chi connectivity index (χ0) is 20.5. The van der Waals surface area contributed by atoms with Gasteiger partial charge in [-0.25, -0.2) is 4.98 Å². The van der Waals surface area contributed by atoms with Crippen molar-refractivity contribution in [2.45, 2.75) is 65.0 Å². The van der Waals surface area contributed by atoms with Crippen LogP contribution in [0.4, 0.5) is 0 Å². The molecule has 0 atom stereocenters. The normalized spacial score (nSPS) is 19.5. The minimum Gasteiger partial charge on any atom is -0.506 e. The molecule has 2 aromatic rings. The highest BCUT2D eigenvalue weighted by Crippen LogP contribution is 2.34. The number of nitrogens with two attached hydrogens (primary N) is 1. The monoisotopic (exact) mass is 381 g/mol. The van der Waals surface area contributed by atoms with Crippen LogP contribution in [0.2, 0.25) is 0 Å². The SMILES string of the molecule is C/C(=C\N)c1cnc(-c2ccc(CC3CC(C)(C)NC(C)(C)C3)nn2)c(O)c1. The maximum Gasteiger partial charge on any atom is 0.144 e. The van der Waals surface area contributed by atoms with Crippen LogP contribution < -0.4 is 11.1 Å². The smallest absolute Gasteiger partial charge is 0.144 e. The summed E-state index contributed by atoms with van der Waals surface area (Å²) in [4.78, 5) is 4.34. The van der Waals surface area contributed by atoms with E-state index in [1.54, 1.807) is 12.3 Å². The summed E-state index contributed by atoms with van der Waals surface area (Å²) in [5.74, 6) is 0.630. The summed E-state index contributed by atoms with van der Waals surface area (Å²) in [7, 11) is 0. The van der Waals surface area contributed by atoms with Gasteiger partial charge in [0.2, 0.25) is 0 Å². The second kappa shape index (κ2) is 7.51. The van der Waals surface area contributed by atoms with Gasteiger partial charge in [0.15, 0.2) is 0 Å². The van der Waals surface area contributed by atoms with E-state index in [-0.39, 0.29) is 16.8 Å². The molecule has 0 aliphatic carbocycles. The van der Waals surface area contributed by atoms with Gasteiger partial charge in [0.1, 0.15) is 17.1 Å². The van der Waals surface area contributed by atoms with Crippen LogP contribution in [0.25, 0.3) is 17.0 Å². The van der Waals surface area contributed by atoms with E-state index in [1.165, 1.54) is 6.20 Å². The van der Waals surface area contributed by atoms with E-state index in [0.717, 1.165) is 36.1 Å². The highest BCUT2D eigenvalue weighted by molar-refractivity contribution is 5.69. The molecule has 1 saturated heterocycles. The minimum atomic E-state index is 0.0719. The highest BCUT2D eigenvalue weighted by atomic mass is 16.3. The van der Waals surface area contributed by atoms with E-state index in [4.69, 9.17) is 5.73 Å². The summed E-state index contributed by atoms with van der Waals surface area (Å²) in [6.45, 7) is 10.9. The van der Waals surface area contributed by atoms with E-state index in [2.05, 4.69) is 48.2 Å². The molecule has 6 nitrogen and oxygen atoms in total. The van der Waals surface area contributed by atoms with Gasteiger partial charge in [-0.1, -0.05) is 0 Å². The fraction of sp³-hybridized carbons (Fsp3) is 0.500. The Balaban J connectivity index is 1.75. The third-order valence-electron chi connectivity index (χ3n) is 5.31. The molecule has 28 heavy (non-hydrogen) atoms. The first-order chi connectivity index (χ1) is 13.1. The van der Waals surface area contributed by atoms with Gasteiger partial charge in [-0.3, -0.25) is 0 Å². The number of pyridine rings is 1. The fourth-order valence-corrected chi connectivity index (χ4v) is 4.53. The number of allylic oxidation sites excluding steroid dienone is 1. The van der Waals surface area contributed by atoms with Gasteiger partial charge < -0.3 is 16.2 Å². The van der Waals surface area contributed by atoms with Crippen LogP contribution in [0.15, 0.2) is 30.6 Å². The summed E-state index contributed by atoms with van der Waals surface area (Å²) in [5, 5.41) is 22.8. The zero-order valence-corrected chi connectivity index (χ0v) is 17.5. The number of aromatic nitrogens is 3. The van der Waals surface area contributed by atoms with Crippen molar-refractivity contribution in [1.29, 1.82) is 0 Å². The molecule has 2 aromatic heterocycles. The van der Waals surface area contributed by atoms with Crippen LogP contribution in [-0.2, 0) is 6.42 Å². The molecule has 0 bridgehead atoms. The summed E-state index contributed by atoms with van der Waals surface area (Å²) in [6.07, 6.45) is 6.30. The second-order valence-corrected chi connectivity index (χ2v) is 9.22. The molecule has 3 rings (SSSR count). The van der Waals surface area contributed by atoms with Crippen molar-refractivity contribution in [3.63, 3.8) is 0 Å². The highest BCUT2D eigenvalue weighted by Gasteiger charge is 2.37. The molecular formula is C22H31N5O. The fourth-order valence-electron chi connectivity index (χ4n) is 4.53. The average Bonchev–Trinajstić information content (AvgIpc) is 2.59. The molecular weight excluding hydrogens is 350 g/mol. The maximum atomic E-state index is 10.3. The number of nitrogens with zero attached hydrogens (tertiary/aromatic N) is 3. The average molecular weight is 382 g/mol. The lowest BCUT2D eigenvalue weighted by Gasteiger charge is -2.46. The third-order valence-corrected chi connectivity index (χ3v) is 5.31. The topological polar surface area (TPSA) is 97.0 Å². The largest absolute Gasteiger partial charge is 0.506 e. The Labute approximate surface area is 167 Å². The van der Waals surface area contributed by atoms with Crippen molar-refractivity contribution in [1.82, 2.24) is 20.5 Å². The molecule has 0 aromatic carbocycles. The van der Waals surface area contributed by atoms with Crippen molar-refractivity contribution < 1.29 is 5.11 Å². The molecule has 0 radical (unpaired) electrons. The molecule has 4 N–H and O–H groups in total. The van der Waals surface area contributed by atoms with Crippen molar-refractivity contribution in [2.24, 2.45) is 11.7 Å². The molecule has 0 spiro atoms. The molecule has 1 aliphatic heterocycles. The molecule has 6 heteroatoms. The first-order valence-corrected chi connectivity index (χ1v) is 9.79. The maximum absolute atomic E-state index is 10.3. The van der Waals surface area contributed by atoms with E-state index in [1.807, 2.05) is 19.1 Å².